The van der Waals surface area contributed by atoms with Crippen LogP contribution < -0.4 is 29.7 Å². The van der Waals surface area contributed by atoms with E-state index >= 15 is 0 Å². The predicted molar refractivity (Wildman–Crippen MR) is 99.3 cm³/mol. The van der Waals surface area contributed by atoms with Gasteiger partial charge in [0.2, 0.25) is 0 Å². The Morgan fingerprint density at radius 3 is 2.62 bits per heavy atom. The largest absolute Gasteiger partial charge is 1.00 e. The van der Waals surface area contributed by atoms with Crippen molar-refractivity contribution in [2.24, 2.45) is 16.8 Å². The van der Waals surface area contributed by atoms with Gasteiger partial charge >= 0.3 is 5.17 Å². The number of amidine groups is 1. The van der Waals surface area contributed by atoms with Crippen molar-refractivity contribution in [2.75, 3.05) is 12.0 Å². The van der Waals surface area contributed by atoms with Gasteiger partial charge in [-0.3, -0.25) is 5.73 Å². The number of hydrogen-bond acceptors (Lipinski definition) is 3. The Balaban J connectivity index is 0.00000169. The maximum Gasteiger partial charge on any atom is 0.329 e. The van der Waals surface area contributed by atoms with Gasteiger partial charge in [0.1, 0.15) is 5.71 Å². The average molecular weight is 467 g/mol. The third-order valence-corrected chi connectivity index (χ3v) is 6.17. The van der Waals surface area contributed by atoms with Gasteiger partial charge in [-0.1, -0.05) is 53.6 Å². The number of rotatable bonds is 1. The Hall–Kier alpha value is -0.990. The fraction of sp³-hybridized carbons (Fsp3) is 0.222. The van der Waals surface area contributed by atoms with E-state index in [2.05, 4.69) is 54.6 Å². The molecule has 0 aromatic heterocycles. The molecule has 0 bridgehead atoms. The van der Waals surface area contributed by atoms with Crippen LogP contribution in [0.2, 0.25) is 0 Å². The van der Waals surface area contributed by atoms with E-state index in [0.29, 0.717) is 5.92 Å². The zero-order valence-corrected chi connectivity index (χ0v) is 17.0. The van der Waals surface area contributed by atoms with Gasteiger partial charge < -0.3 is 24.0 Å². The molecule has 24 heavy (non-hydrogen) atoms. The highest BCUT2D eigenvalue weighted by molar-refractivity contribution is 8.12. The Labute approximate surface area is 167 Å². The van der Waals surface area contributed by atoms with Crippen molar-refractivity contribution < 1.29 is 28.7 Å². The summed E-state index contributed by atoms with van der Waals surface area (Å²) in [6.45, 7) is 0. The second kappa shape index (κ2) is 7.49. The number of nitrogens with two attached hydrogens (primary N) is 1. The highest BCUT2D eigenvalue weighted by Crippen LogP contribution is 2.43. The molecule has 2 aliphatic rings. The van der Waals surface area contributed by atoms with E-state index in [0.717, 1.165) is 10.9 Å². The SMILES string of the molecule is CS/C(N)=[N+]1/N=C2c3ccccc3SC[C@H]2[C@H]1c1ccccc1.[I-]. The van der Waals surface area contributed by atoms with Crippen molar-refractivity contribution in [1.82, 2.24) is 0 Å². The number of nitrogens with zero attached hydrogens (tertiary/aromatic N) is 2. The molecule has 2 atom stereocenters. The summed E-state index contributed by atoms with van der Waals surface area (Å²) in [5, 5.41) is 5.69. The maximum absolute atomic E-state index is 6.27. The smallest absolute Gasteiger partial charge is 0.329 e. The van der Waals surface area contributed by atoms with Gasteiger partial charge in [0.05, 0.1) is 5.92 Å². The molecule has 124 valence electrons. The quantitative estimate of drug-likeness (QED) is 0.379. The molecule has 0 fully saturated rings. The Kier molecular flexibility index (Phi) is 5.56. The number of hydrazone groups is 1. The molecule has 0 saturated carbocycles. The summed E-state index contributed by atoms with van der Waals surface area (Å²) >= 11 is 3.47. The molecule has 2 heterocycles. The van der Waals surface area contributed by atoms with Gasteiger partial charge in [-0.25, -0.2) is 0 Å². The van der Waals surface area contributed by atoms with Gasteiger partial charge in [-0.15, -0.1) is 16.4 Å². The molecule has 0 unspecified atom stereocenters. The van der Waals surface area contributed by atoms with Crippen molar-refractivity contribution in [3.8, 4) is 0 Å². The highest BCUT2D eigenvalue weighted by Gasteiger charge is 2.44. The summed E-state index contributed by atoms with van der Waals surface area (Å²) < 4.78 is 2.02. The van der Waals surface area contributed by atoms with Crippen molar-refractivity contribution in [1.29, 1.82) is 0 Å². The van der Waals surface area contributed by atoms with Crippen molar-refractivity contribution in [3.05, 3.63) is 65.7 Å². The summed E-state index contributed by atoms with van der Waals surface area (Å²) in [5.74, 6) is 1.40. The maximum atomic E-state index is 6.27. The van der Waals surface area contributed by atoms with E-state index in [4.69, 9.17) is 10.8 Å². The Bertz CT molecular complexity index is 805. The van der Waals surface area contributed by atoms with Gasteiger partial charge in [-0.2, -0.15) is 0 Å². The van der Waals surface area contributed by atoms with Crippen LogP contribution in [0.15, 0.2) is 64.6 Å². The third kappa shape index (κ3) is 2.99. The molecule has 0 radical (unpaired) electrons. The second-order valence-corrected chi connectivity index (χ2v) is 7.53. The minimum Gasteiger partial charge on any atom is -1.00 e. The van der Waals surface area contributed by atoms with Gasteiger partial charge in [0, 0.05) is 16.2 Å². The van der Waals surface area contributed by atoms with Crippen LogP contribution in [-0.4, -0.2) is 27.6 Å². The lowest BCUT2D eigenvalue weighted by molar-refractivity contribution is -0.570. The molecule has 2 aliphatic heterocycles. The summed E-state index contributed by atoms with van der Waals surface area (Å²) in [5.41, 5.74) is 9.97. The van der Waals surface area contributed by atoms with E-state index in [1.165, 1.54) is 21.7 Å². The summed E-state index contributed by atoms with van der Waals surface area (Å²) in [6.07, 6.45) is 2.00. The van der Waals surface area contributed by atoms with Crippen LogP contribution in [0.4, 0.5) is 0 Å². The lowest BCUT2D eigenvalue weighted by Crippen LogP contribution is -3.00. The van der Waals surface area contributed by atoms with Crippen molar-refractivity contribution in [3.63, 3.8) is 0 Å². The third-order valence-electron chi connectivity index (χ3n) is 4.37. The lowest BCUT2D eigenvalue weighted by atomic mass is 9.88. The van der Waals surface area contributed by atoms with E-state index in [1.54, 1.807) is 11.8 Å². The summed E-state index contributed by atoms with van der Waals surface area (Å²) in [7, 11) is 0. The van der Waals surface area contributed by atoms with Gasteiger partial charge in [0.15, 0.2) is 6.04 Å². The second-order valence-electron chi connectivity index (χ2n) is 5.64. The minimum absolute atomic E-state index is 0. The van der Waals surface area contributed by atoms with E-state index in [9.17, 15) is 0 Å². The van der Waals surface area contributed by atoms with E-state index in [-0.39, 0.29) is 30.0 Å². The molecule has 3 nitrogen and oxygen atoms in total. The molecule has 0 aliphatic carbocycles. The number of thioether (sulfide) groups is 2. The van der Waals surface area contributed by atoms with Crippen LogP contribution in [0, 0.1) is 5.92 Å². The summed E-state index contributed by atoms with van der Waals surface area (Å²) in [6, 6.07) is 19.3. The van der Waals surface area contributed by atoms with Crippen molar-refractivity contribution >= 4 is 34.4 Å². The highest BCUT2D eigenvalue weighted by atomic mass is 127. The van der Waals surface area contributed by atoms with Crippen LogP contribution in [0.3, 0.4) is 0 Å². The molecule has 2 aromatic carbocycles. The number of hydrogen-bond donors (Lipinski definition) is 1. The minimum atomic E-state index is 0. The first-order valence-corrected chi connectivity index (χ1v) is 9.82. The molecule has 2 N–H and O–H groups in total. The fourth-order valence-electron chi connectivity index (χ4n) is 3.28. The normalized spacial score (nSPS) is 23.6. The van der Waals surface area contributed by atoms with Crippen LogP contribution in [-0.2, 0) is 0 Å². The lowest BCUT2D eigenvalue weighted by Gasteiger charge is -2.24. The topological polar surface area (TPSA) is 41.4 Å². The Morgan fingerprint density at radius 2 is 1.88 bits per heavy atom. The van der Waals surface area contributed by atoms with Crippen molar-refractivity contribution in [2.45, 2.75) is 10.9 Å². The molecule has 4 rings (SSSR count). The monoisotopic (exact) mass is 467 g/mol. The van der Waals surface area contributed by atoms with Crippen LogP contribution in [0.5, 0.6) is 0 Å². The molecule has 6 heteroatoms. The predicted octanol–water partition coefficient (Wildman–Crippen LogP) is 0.562. The van der Waals surface area contributed by atoms with Crippen LogP contribution in [0.25, 0.3) is 0 Å². The number of fused-ring (bicyclic) bond motifs is 3. The molecular weight excluding hydrogens is 449 g/mol. The number of halogens is 1. The standard InChI is InChI=1S/C18H17N3S2.HI/c1-22-18(19)21-17(12-7-3-2-4-8-12)14-11-23-15-10-6-5-9-13(15)16(14)20-21;/h2-10,14,17,19H,11H2,1H3;1H/t14-,17-;/m1./s1. The van der Waals surface area contributed by atoms with Gasteiger partial charge in [0.25, 0.3) is 0 Å². The zero-order chi connectivity index (χ0) is 15.8. The van der Waals surface area contributed by atoms with E-state index < -0.39 is 0 Å². The van der Waals surface area contributed by atoms with Gasteiger partial charge in [-0.05, 0) is 29.6 Å². The molecule has 2 aromatic rings. The first-order valence-electron chi connectivity index (χ1n) is 7.61. The first-order chi connectivity index (χ1) is 11.3. The molecule has 0 spiro atoms. The molecule has 0 saturated heterocycles. The van der Waals surface area contributed by atoms with Crippen LogP contribution in [0.1, 0.15) is 17.2 Å². The fourth-order valence-corrected chi connectivity index (χ4v) is 4.83. The van der Waals surface area contributed by atoms with Crippen LogP contribution >= 0.6 is 23.5 Å². The Morgan fingerprint density at radius 1 is 1.17 bits per heavy atom. The zero-order valence-electron chi connectivity index (χ0n) is 13.2. The molecular formula is C18H18IN3S2. The first kappa shape index (κ1) is 17.8. The summed E-state index contributed by atoms with van der Waals surface area (Å²) in [4.78, 5) is 1.32. The van der Waals surface area contributed by atoms with E-state index in [1.807, 2.05) is 22.7 Å². The molecule has 0 amide bonds. The number of benzene rings is 2. The average Bonchev–Trinajstić information content (AvgIpc) is 3.01.